The van der Waals surface area contributed by atoms with Crippen molar-refractivity contribution in [2.75, 3.05) is 17.2 Å². The number of aromatic nitrogens is 1. The molecule has 18 heavy (non-hydrogen) atoms. The van der Waals surface area contributed by atoms with Crippen molar-refractivity contribution >= 4 is 64.8 Å². The molecule has 0 saturated carbocycles. The van der Waals surface area contributed by atoms with Crippen LogP contribution in [0.2, 0.25) is 5.02 Å². The summed E-state index contributed by atoms with van der Waals surface area (Å²) in [5.41, 5.74) is 9.06. The molecular weight excluding hydrogens is 399 g/mol. The maximum absolute atomic E-state index is 6.14. The van der Waals surface area contributed by atoms with Crippen molar-refractivity contribution in [2.45, 2.75) is 6.42 Å². The van der Waals surface area contributed by atoms with E-state index in [0.717, 1.165) is 23.6 Å². The number of thioether (sulfide) groups is 1. The largest absolute Gasteiger partial charge is 0.395 e. The molecule has 2 heterocycles. The number of rotatable bonds is 1. The Balaban J connectivity index is 2.43. The zero-order valence-corrected chi connectivity index (χ0v) is 13.9. The summed E-state index contributed by atoms with van der Waals surface area (Å²) in [6, 6.07) is 1.83. The molecule has 6 heteroatoms. The van der Waals surface area contributed by atoms with Crippen LogP contribution in [0.4, 0.5) is 5.69 Å². The Labute approximate surface area is 132 Å². The van der Waals surface area contributed by atoms with Crippen molar-refractivity contribution in [2.24, 2.45) is 0 Å². The topological polar surface area (TPSA) is 38.9 Å². The van der Waals surface area contributed by atoms with E-state index in [4.69, 9.17) is 17.3 Å². The van der Waals surface area contributed by atoms with Crippen molar-refractivity contribution in [3.05, 3.63) is 28.6 Å². The number of pyridine rings is 1. The van der Waals surface area contributed by atoms with Crippen molar-refractivity contribution in [1.82, 2.24) is 4.98 Å². The van der Waals surface area contributed by atoms with Crippen LogP contribution in [0.25, 0.3) is 5.57 Å². The zero-order chi connectivity index (χ0) is 13.0. The maximum Gasteiger partial charge on any atom is 0.139 e. The molecule has 0 aliphatic carbocycles. The Hall–Kier alpha value is -0.0300. The van der Waals surface area contributed by atoms with E-state index in [1.165, 1.54) is 14.5 Å². The van der Waals surface area contributed by atoms with Crippen LogP contribution in [0, 0.1) is 11.2 Å². The number of halogens is 2. The number of hydrogen-bond donors (Lipinski definition) is 1. The van der Waals surface area contributed by atoms with Gasteiger partial charge < -0.3 is 5.73 Å². The normalized spacial score (nSPS) is 14.7. The van der Waals surface area contributed by atoms with Crippen molar-refractivity contribution in [3.8, 4) is 11.2 Å². The molecule has 1 aliphatic rings. The highest BCUT2D eigenvalue weighted by Crippen LogP contribution is 2.29. The summed E-state index contributed by atoms with van der Waals surface area (Å²) in [6.45, 7) is 0. The molecule has 0 spiro atoms. The van der Waals surface area contributed by atoms with E-state index >= 15 is 0 Å². The van der Waals surface area contributed by atoms with Crippen molar-refractivity contribution in [1.29, 1.82) is 0 Å². The first kappa shape index (κ1) is 14.4. The molecule has 1 aliphatic heterocycles. The molecule has 0 amide bonds. The van der Waals surface area contributed by atoms with Crippen LogP contribution in [0.15, 0.2) is 12.1 Å². The smallest absolute Gasteiger partial charge is 0.139 e. The Morgan fingerprint density at radius 1 is 1.56 bits per heavy atom. The average molecular weight is 409 g/mol. The number of allylic oxidation sites excluding steroid dienone is 1. The van der Waals surface area contributed by atoms with Gasteiger partial charge in [-0.05, 0) is 43.9 Å². The first-order chi connectivity index (χ1) is 8.72. The fourth-order valence-corrected chi connectivity index (χ4v) is 3.12. The van der Waals surface area contributed by atoms with Crippen LogP contribution in [0.1, 0.15) is 17.8 Å². The standard InChI is InChI=1S/C12H10ClIN2S2/c13-9-7-11(8-1-4-17-5-2-8)16-10(12(9)15)3-6-18-14/h1,7H,2,4-5,15H2. The minimum absolute atomic E-state index is 0.462. The highest BCUT2D eigenvalue weighted by Gasteiger charge is 2.12. The number of nitrogen functional groups attached to an aromatic ring is 1. The highest BCUT2D eigenvalue weighted by atomic mass is 127. The third kappa shape index (κ3) is 3.50. The minimum atomic E-state index is 0.462. The van der Waals surface area contributed by atoms with Crippen molar-refractivity contribution in [3.63, 3.8) is 0 Å². The zero-order valence-electron chi connectivity index (χ0n) is 9.37. The van der Waals surface area contributed by atoms with Gasteiger partial charge in [0.25, 0.3) is 0 Å². The molecule has 0 aromatic carbocycles. The molecular formula is C12H10ClIN2S2. The molecule has 0 saturated heterocycles. The molecule has 0 unspecified atom stereocenters. The van der Waals surface area contributed by atoms with E-state index in [0.29, 0.717) is 16.4 Å². The van der Waals surface area contributed by atoms with Gasteiger partial charge in [-0.3, -0.25) is 0 Å². The third-order valence-electron chi connectivity index (χ3n) is 2.51. The molecule has 1 aromatic heterocycles. The molecule has 0 radical (unpaired) electrons. The molecule has 0 atom stereocenters. The average Bonchev–Trinajstić information content (AvgIpc) is 2.41. The predicted molar refractivity (Wildman–Crippen MR) is 92.1 cm³/mol. The van der Waals surface area contributed by atoms with Crippen LogP contribution in [-0.4, -0.2) is 16.5 Å². The van der Waals surface area contributed by atoms with Gasteiger partial charge in [0.2, 0.25) is 0 Å². The fourth-order valence-electron chi connectivity index (χ4n) is 1.61. The van der Waals surface area contributed by atoms with Gasteiger partial charge >= 0.3 is 0 Å². The Morgan fingerprint density at radius 2 is 2.39 bits per heavy atom. The summed E-state index contributed by atoms with van der Waals surface area (Å²) in [5, 5.41) is 3.42. The quantitative estimate of drug-likeness (QED) is 0.557. The van der Waals surface area contributed by atoms with Crippen LogP contribution >= 0.6 is 53.5 Å². The van der Waals surface area contributed by atoms with E-state index in [9.17, 15) is 0 Å². The van der Waals surface area contributed by atoms with Gasteiger partial charge in [-0.2, -0.15) is 11.8 Å². The second kappa shape index (κ2) is 6.94. The van der Waals surface area contributed by atoms with Crippen LogP contribution in [0.5, 0.6) is 0 Å². The second-order valence-corrected chi connectivity index (χ2v) is 6.85. The monoisotopic (exact) mass is 408 g/mol. The van der Waals surface area contributed by atoms with Gasteiger partial charge in [-0.25, -0.2) is 4.98 Å². The fraction of sp³-hybridized carbons (Fsp3) is 0.250. The van der Waals surface area contributed by atoms with Gasteiger partial charge in [-0.15, -0.1) is 0 Å². The molecule has 0 fully saturated rings. The summed E-state index contributed by atoms with van der Waals surface area (Å²) in [4.78, 5) is 4.52. The van der Waals surface area contributed by atoms with E-state index < -0.39 is 0 Å². The molecule has 2 N–H and O–H groups in total. The highest BCUT2D eigenvalue weighted by molar-refractivity contribution is 14.2. The lowest BCUT2D eigenvalue weighted by molar-refractivity contribution is 1.16. The molecule has 1 aromatic rings. The summed E-state index contributed by atoms with van der Waals surface area (Å²) >= 11 is 10.2. The molecule has 2 rings (SSSR count). The Morgan fingerprint density at radius 3 is 3.06 bits per heavy atom. The minimum Gasteiger partial charge on any atom is -0.395 e. The third-order valence-corrected chi connectivity index (χ3v) is 4.56. The van der Waals surface area contributed by atoms with Crippen LogP contribution in [0.3, 0.4) is 0 Å². The number of hydrogen-bond acceptors (Lipinski definition) is 4. The van der Waals surface area contributed by atoms with E-state index in [2.05, 4.69) is 43.4 Å². The summed E-state index contributed by atoms with van der Waals surface area (Å²) in [5.74, 6) is 5.09. The van der Waals surface area contributed by atoms with Gasteiger partial charge in [0.1, 0.15) is 5.69 Å². The Bertz CT molecular complexity index is 549. The molecule has 94 valence electrons. The summed E-state index contributed by atoms with van der Waals surface area (Å²) < 4.78 is 0. The molecule has 2 nitrogen and oxygen atoms in total. The van der Waals surface area contributed by atoms with Gasteiger partial charge in [-0.1, -0.05) is 17.7 Å². The van der Waals surface area contributed by atoms with Gasteiger partial charge in [0.05, 0.1) is 16.4 Å². The number of nitrogens with zero attached hydrogens (tertiary/aromatic N) is 1. The summed E-state index contributed by atoms with van der Waals surface area (Å²) in [6.07, 6.45) is 3.22. The SMILES string of the molecule is Nc1c(Cl)cc(C2=CCSCC2)nc1C#CSI. The van der Waals surface area contributed by atoms with E-state index in [1.54, 1.807) is 0 Å². The second-order valence-electron chi connectivity index (χ2n) is 3.61. The lowest BCUT2D eigenvalue weighted by Crippen LogP contribution is -2.02. The predicted octanol–water partition coefficient (Wildman–Crippen LogP) is 4.23. The first-order valence-corrected chi connectivity index (χ1v) is 10.1. The van der Waals surface area contributed by atoms with Crippen LogP contribution < -0.4 is 5.73 Å². The van der Waals surface area contributed by atoms with Gasteiger partial charge in [0.15, 0.2) is 0 Å². The van der Waals surface area contributed by atoms with E-state index in [1.807, 2.05) is 17.8 Å². The van der Waals surface area contributed by atoms with Gasteiger partial charge in [0, 0.05) is 27.0 Å². The maximum atomic E-state index is 6.14. The Kier molecular flexibility index (Phi) is 5.55. The lowest BCUT2D eigenvalue weighted by atomic mass is 10.1. The lowest BCUT2D eigenvalue weighted by Gasteiger charge is -2.13. The van der Waals surface area contributed by atoms with Crippen molar-refractivity contribution < 1.29 is 0 Å². The van der Waals surface area contributed by atoms with Crippen LogP contribution in [-0.2, 0) is 0 Å². The first-order valence-electron chi connectivity index (χ1n) is 5.24. The van der Waals surface area contributed by atoms with E-state index in [-0.39, 0.29) is 0 Å². The number of nitrogens with two attached hydrogens (primary N) is 1. The molecule has 0 bridgehead atoms. The number of anilines is 1. The summed E-state index contributed by atoms with van der Waals surface area (Å²) in [7, 11) is 1.40.